The number of aliphatic hydroxyl groups is 1. The van der Waals surface area contributed by atoms with Crippen molar-refractivity contribution in [2.24, 2.45) is 0 Å². The third-order valence-corrected chi connectivity index (χ3v) is 3.91. The van der Waals surface area contributed by atoms with Gasteiger partial charge in [0.1, 0.15) is 28.7 Å². The number of aromatic nitrogens is 1. The molecule has 0 saturated heterocycles. The van der Waals surface area contributed by atoms with Gasteiger partial charge in [-0.2, -0.15) is 13.2 Å². The summed E-state index contributed by atoms with van der Waals surface area (Å²) in [6.07, 6.45) is -5.88. The molecule has 0 radical (unpaired) electrons. The summed E-state index contributed by atoms with van der Waals surface area (Å²) in [6, 6.07) is 6.75. The van der Waals surface area contributed by atoms with E-state index in [1.165, 1.54) is 31.4 Å². The Morgan fingerprint density at radius 3 is 2.39 bits per heavy atom. The molecule has 1 aromatic heterocycles. The molecule has 2 aromatic rings. The molecule has 2 unspecified atom stereocenters. The van der Waals surface area contributed by atoms with E-state index in [4.69, 9.17) is 21.1 Å². The summed E-state index contributed by atoms with van der Waals surface area (Å²) >= 11 is 5.80. The molecule has 1 aromatic carbocycles. The van der Waals surface area contributed by atoms with Crippen molar-refractivity contribution in [2.75, 3.05) is 7.11 Å². The maximum atomic E-state index is 12.6. The van der Waals surface area contributed by atoms with Crippen molar-refractivity contribution in [1.82, 2.24) is 4.98 Å². The van der Waals surface area contributed by atoms with Crippen molar-refractivity contribution in [1.29, 1.82) is 0 Å². The Labute approximate surface area is 163 Å². The fraction of sp³-hybridized carbons (Fsp3) is 0.333. The van der Waals surface area contributed by atoms with Gasteiger partial charge in [-0.05, 0) is 37.3 Å². The largest absolute Gasteiger partial charge is 0.488 e. The molecule has 28 heavy (non-hydrogen) atoms. The van der Waals surface area contributed by atoms with Gasteiger partial charge in [0, 0.05) is 6.20 Å². The Bertz CT molecular complexity index is 814. The average Bonchev–Trinajstić information content (AvgIpc) is 2.63. The highest BCUT2D eigenvalue weighted by Gasteiger charge is 2.31. The zero-order valence-corrected chi connectivity index (χ0v) is 15.6. The summed E-state index contributed by atoms with van der Waals surface area (Å²) in [5, 5.41) is 9.60. The molecule has 0 saturated carbocycles. The SMILES string of the molecule is COC(=O)CC(O)C(C)Oc1ccc(Oc2ncc(C(F)(F)F)cc2Cl)cc1. The first-order chi connectivity index (χ1) is 13.1. The predicted octanol–water partition coefficient (Wildman–Crippen LogP) is 4.24. The first-order valence-electron chi connectivity index (χ1n) is 8.02. The van der Waals surface area contributed by atoms with Gasteiger partial charge in [-0.1, -0.05) is 11.6 Å². The summed E-state index contributed by atoms with van der Waals surface area (Å²) in [5.74, 6) is -0.0858. The van der Waals surface area contributed by atoms with Crippen LogP contribution in [0.15, 0.2) is 36.5 Å². The monoisotopic (exact) mass is 419 g/mol. The summed E-state index contributed by atoms with van der Waals surface area (Å²) in [6.45, 7) is 1.59. The van der Waals surface area contributed by atoms with Crippen molar-refractivity contribution in [3.63, 3.8) is 0 Å². The second-order valence-corrected chi connectivity index (χ2v) is 6.16. The van der Waals surface area contributed by atoms with Gasteiger partial charge in [-0.3, -0.25) is 4.79 Å². The fourth-order valence-electron chi connectivity index (χ4n) is 2.07. The molecule has 0 aliphatic carbocycles. The number of benzene rings is 1. The minimum Gasteiger partial charge on any atom is -0.488 e. The minimum absolute atomic E-state index is 0.176. The zero-order chi connectivity index (χ0) is 20.9. The maximum Gasteiger partial charge on any atom is 0.417 e. The Morgan fingerprint density at radius 1 is 1.25 bits per heavy atom. The molecule has 2 rings (SSSR count). The third-order valence-electron chi connectivity index (χ3n) is 3.64. The van der Waals surface area contributed by atoms with E-state index in [0.29, 0.717) is 11.9 Å². The summed E-state index contributed by atoms with van der Waals surface area (Å²) in [4.78, 5) is 14.8. The van der Waals surface area contributed by atoms with Crippen LogP contribution in [0.2, 0.25) is 5.02 Å². The number of nitrogens with zero attached hydrogens (tertiary/aromatic N) is 1. The van der Waals surface area contributed by atoms with Crippen molar-refractivity contribution < 1.29 is 37.3 Å². The molecular weight excluding hydrogens is 403 g/mol. The number of hydrogen-bond donors (Lipinski definition) is 1. The number of alkyl halides is 3. The number of esters is 1. The number of carbonyl (C=O) groups excluding carboxylic acids is 1. The second-order valence-electron chi connectivity index (χ2n) is 5.75. The molecule has 0 aliphatic rings. The summed E-state index contributed by atoms with van der Waals surface area (Å²) in [7, 11) is 1.22. The number of methoxy groups -OCH3 is 1. The van der Waals surface area contributed by atoms with Gasteiger partial charge < -0.3 is 19.3 Å². The number of carbonyl (C=O) groups is 1. The van der Waals surface area contributed by atoms with Crippen LogP contribution in [0.4, 0.5) is 13.2 Å². The van der Waals surface area contributed by atoms with E-state index < -0.39 is 29.9 Å². The Balaban J connectivity index is 2.00. The topological polar surface area (TPSA) is 77.9 Å². The molecule has 0 fully saturated rings. The fourth-order valence-corrected chi connectivity index (χ4v) is 2.27. The molecule has 0 spiro atoms. The molecule has 1 heterocycles. The first kappa shape index (κ1) is 21.8. The Kier molecular flexibility index (Phi) is 7.09. The van der Waals surface area contributed by atoms with Crippen molar-refractivity contribution >= 4 is 17.6 Å². The normalized spacial score (nSPS) is 13.5. The predicted molar refractivity (Wildman–Crippen MR) is 93.5 cm³/mol. The van der Waals surface area contributed by atoms with Crippen LogP contribution in [-0.2, 0) is 15.7 Å². The number of hydrogen-bond acceptors (Lipinski definition) is 6. The lowest BCUT2D eigenvalue weighted by Gasteiger charge is -2.19. The molecule has 152 valence electrons. The average molecular weight is 420 g/mol. The molecule has 0 amide bonds. The lowest BCUT2D eigenvalue weighted by molar-refractivity contribution is -0.144. The first-order valence-corrected chi connectivity index (χ1v) is 8.40. The Hall–Kier alpha value is -2.52. The standard InChI is InChI=1S/C18H17ClF3NO5/c1-10(15(24)8-16(25)26-2)27-12-3-5-13(6-4-12)28-17-14(19)7-11(9-23-17)18(20,21)22/h3-7,9-10,15,24H,8H2,1-2H3. The van der Waals surface area contributed by atoms with E-state index in [0.717, 1.165) is 6.07 Å². The number of pyridine rings is 1. The van der Waals surface area contributed by atoms with Gasteiger partial charge in [0.2, 0.25) is 5.88 Å². The molecule has 0 bridgehead atoms. The van der Waals surface area contributed by atoms with Crippen molar-refractivity contribution in [3.8, 4) is 17.4 Å². The van der Waals surface area contributed by atoms with Crippen molar-refractivity contribution in [3.05, 3.63) is 47.1 Å². The maximum absolute atomic E-state index is 12.6. The van der Waals surface area contributed by atoms with E-state index in [1.807, 2.05) is 0 Å². The van der Waals surface area contributed by atoms with Gasteiger partial charge in [-0.25, -0.2) is 4.98 Å². The lowest BCUT2D eigenvalue weighted by Crippen LogP contribution is -2.31. The van der Waals surface area contributed by atoms with Gasteiger partial charge >= 0.3 is 12.1 Å². The molecule has 2 atom stereocenters. The molecule has 1 N–H and O–H groups in total. The van der Waals surface area contributed by atoms with E-state index >= 15 is 0 Å². The number of ether oxygens (including phenoxy) is 3. The highest BCUT2D eigenvalue weighted by molar-refractivity contribution is 6.31. The summed E-state index contributed by atoms with van der Waals surface area (Å²) < 4.78 is 53.3. The van der Waals surface area contributed by atoms with Crippen LogP contribution >= 0.6 is 11.6 Å². The van der Waals surface area contributed by atoms with Crippen LogP contribution in [0.3, 0.4) is 0 Å². The van der Waals surface area contributed by atoms with Crippen LogP contribution < -0.4 is 9.47 Å². The second kappa shape index (κ2) is 9.11. The van der Waals surface area contributed by atoms with Gasteiger partial charge in [0.25, 0.3) is 0 Å². The van der Waals surface area contributed by atoms with Gasteiger partial charge in [0.05, 0.1) is 19.1 Å². The summed E-state index contributed by atoms with van der Waals surface area (Å²) in [5.41, 5.74) is -0.979. The number of rotatable bonds is 7. The number of aliphatic hydroxyl groups excluding tert-OH is 1. The van der Waals surface area contributed by atoms with Crippen molar-refractivity contribution in [2.45, 2.75) is 31.7 Å². The van der Waals surface area contributed by atoms with Crippen LogP contribution in [0.1, 0.15) is 18.9 Å². The smallest absolute Gasteiger partial charge is 0.417 e. The molecule has 10 heteroatoms. The van der Waals surface area contributed by atoms with E-state index in [9.17, 15) is 23.1 Å². The minimum atomic E-state index is -4.55. The zero-order valence-electron chi connectivity index (χ0n) is 14.9. The Morgan fingerprint density at radius 2 is 1.86 bits per heavy atom. The van der Waals surface area contributed by atoms with Gasteiger partial charge in [-0.15, -0.1) is 0 Å². The lowest BCUT2D eigenvalue weighted by atomic mass is 10.1. The number of halogens is 4. The quantitative estimate of drug-likeness (QED) is 0.676. The highest BCUT2D eigenvalue weighted by atomic mass is 35.5. The van der Waals surface area contributed by atoms with Crippen LogP contribution in [0, 0.1) is 0 Å². The van der Waals surface area contributed by atoms with Crippen LogP contribution in [0.5, 0.6) is 17.4 Å². The molecule has 0 aliphatic heterocycles. The highest BCUT2D eigenvalue weighted by Crippen LogP contribution is 2.34. The third kappa shape index (κ3) is 6.00. The molecule has 6 nitrogen and oxygen atoms in total. The van der Waals surface area contributed by atoms with E-state index in [-0.39, 0.29) is 23.1 Å². The molecular formula is C18H17ClF3NO5. The van der Waals surface area contributed by atoms with E-state index in [2.05, 4.69) is 9.72 Å². The van der Waals surface area contributed by atoms with Gasteiger partial charge in [0.15, 0.2) is 0 Å². The van der Waals surface area contributed by atoms with Crippen LogP contribution in [0.25, 0.3) is 0 Å². The van der Waals surface area contributed by atoms with Crippen LogP contribution in [-0.4, -0.2) is 35.4 Å². The van der Waals surface area contributed by atoms with E-state index in [1.54, 1.807) is 6.92 Å².